The molecule has 0 aliphatic carbocycles. The summed E-state index contributed by atoms with van der Waals surface area (Å²) in [5.41, 5.74) is 4.31. The second-order valence-electron chi connectivity index (χ2n) is 6.08. The number of likely N-dealkylation sites (N-methyl/N-ethyl adjacent to an activating group) is 1. The molecule has 1 aliphatic rings. The zero-order valence-corrected chi connectivity index (χ0v) is 13.1. The summed E-state index contributed by atoms with van der Waals surface area (Å²) in [4.78, 5) is 20.3. The van der Waals surface area contributed by atoms with Gasteiger partial charge >= 0.3 is 0 Å². The standard InChI is InChI=1S/C17H23N3O/c1-12-13(2)18-16-6-5-14(11-15(12)16)17(21)20-8-4-7-19(3)9-10-20/h5-6,11,18H,4,7-10H2,1-3H3. The van der Waals surface area contributed by atoms with Crippen LogP contribution in [0.3, 0.4) is 0 Å². The van der Waals surface area contributed by atoms with Gasteiger partial charge in [-0.15, -0.1) is 0 Å². The number of aromatic nitrogens is 1. The molecule has 4 heteroatoms. The van der Waals surface area contributed by atoms with Crippen molar-refractivity contribution in [3.8, 4) is 0 Å². The largest absolute Gasteiger partial charge is 0.358 e. The average molecular weight is 285 g/mol. The van der Waals surface area contributed by atoms with Gasteiger partial charge in [0.05, 0.1) is 0 Å². The molecule has 1 N–H and O–H groups in total. The van der Waals surface area contributed by atoms with Crippen molar-refractivity contribution in [3.05, 3.63) is 35.0 Å². The van der Waals surface area contributed by atoms with Crippen LogP contribution in [-0.4, -0.2) is 53.9 Å². The lowest BCUT2D eigenvalue weighted by Gasteiger charge is -2.20. The van der Waals surface area contributed by atoms with Crippen molar-refractivity contribution < 1.29 is 4.79 Å². The summed E-state index contributed by atoms with van der Waals surface area (Å²) in [5, 5.41) is 1.16. The molecule has 1 aromatic heterocycles. The number of nitrogens with one attached hydrogen (secondary N) is 1. The molecule has 1 aliphatic heterocycles. The highest BCUT2D eigenvalue weighted by Crippen LogP contribution is 2.23. The van der Waals surface area contributed by atoms with Crippen LogP contribution in [0.2, 0.25) is 0 Å². The lowest BCUT2D eigenvalue weighted by Crippen LogP contribution is -2.34. The van der Waals surface area contributed by atoms with E-state index in [1.807, 2.05) is 23.1 Å². The Hall–Kier alpha value is -1.81. The maximum atomic E-state index is 12.7. The van der Waals surface area contributed by atoms with Crippen LogP contribution in [0.5, 0.6) is 0 Å². The van der Waals surface area contributed by atoms with E-state index in [4.69, 9.17) is 0 Å². The molecule has 21 heavy (non-hydrogen) atoms. The SMILES string of the molecule is Cc1[nH]c2ccc(C(=O)N3CCCN(C)CC3)cc2c1C. The molecule has 1 aromatic carbocycles. The molecule has 4 nitrogen and oxygen atoms in total. The molecule has 0 saturated carbocycles. The van der Waals surface area contributed by atoms with Crippen molar-refractivity contribution in [1.29, 1.82) is 0 Å². The summed E-state index contributed by atoms with van der Waals surface area (Å²) >= 11 is 0. The first-order valence-electron chi connectivity index (χ1n) is 7.63. The van der Waals surface area contributed by atoms with E-state index in [0.717, 1.165) is 49.1 Å². The molecule has 0 radical (unpaired) electrons. The van der Waals surface area contributed by atoms with Gasteiger partial charge < -0.3 is 14.8 Å². The molecule has 0 spiro atoms. The van der Waals surface area contributed by atoms with Crippen molar-refractivity contribution in [1.82, 2.24) is 14.8 Å². The summed E-state index contributed by atoms with van der Waals surface area (Å²) in [6.07, 6.45) is 1.05. The second-order valence-corrected chi connectivity index (χ2v) is 6.08. The normalized spacial score (nSPS) is 17.2. The summed E-state index contributed by atoms with van der Waals surface area (Å²) in [7, 11) is 2.12. The maximum absolute atomic E-state index is 12.7. The molecule has 2 heterocycles. The predicted molar refractivity (Wildman–Crippen MR) is 85.8 cm³/mol. The fourth-order valence-electron chi connectivity index (χ4n) is 3.03. The van der Waals surface area contributed by atoms with Gasteiger partial charge in [0, 0.05) is 41.8 Å². The van der Waals surface area contributed by atoms with Gasteiger partial charge in [-0.3, -0.25) is 4.79 Å². The van der Waals surface area contributed by atoms with Gasteiger partial charge in [0.1, 0.15) is 0 Å². The first kappa shape index (κ1) is 14.1. The molecule has 0 bridgehead atoms. The number of hydrogen-bond donors (Lipinski definition) is 1. The number of carbonyl (C=O) groups is 1. The maximum Gasteiger partial charge on any atom is 0.253 e. The fourth-order valence-corrected chi connectivity index (χ4v) is 3.03. The molecule has 0 unspecified atom stereocenters. The first-order chi connectivity index (χ1) is 10.1. The van der Waals surface area contributed by atoms with Gasteiger partial charge in [0.25, 0.3) is 5.91 Å². The van der Waals surface area contributed by atoms with Crippen LogP contribution in [0.15, 0.2) is 18.2 Å². The van der Waals surface area contributed by atoms with Crippen molar-refractivity contribution in [3.63, 3.8) is 0 Å². The third-order valence-electron chi connectivity index (χ3n) is 4.56. The third kappa shape index (κ3) is 2.68. The Morgan fingerprint density at radius 3 is 2.76 bits per heavy atom. The summed E-state index contributed by atoms with van der Waals surface area (Å²) in [6, 6.07) is 5.99. The van der Waals surface area contributed by atoms with Crippen LogP contribution in [0.4, 0.5) is 0 Å². The van der Waals surface area contributed by atoms with Gasteiger partial charge in [-0.1, -0.05) is 0 Å². The van der Waals surface area contributed by atoms with Crippen LogP contribution in [0, 0.1) is 13.8 Å². The minimum atomic E-state index is 0.158. The molecule has 2 aromatic rings. The van der Waals surface area contributed by atoms with E-state index >= 15 is 0 Å². The Morgan fingerprint density at radius 2 is 1.95 bits per heavy atom. The Kier molecular flexibility index (Phi) is 3.72. The minimum absolute atomic E-state index is 0.158. The Balaban J connectivity index is 1.88. The quantitative estimate of drug-likeness (QED) is 0.874. The van der Waals surface area contributed by atoms with E-state index in [9.17, 15) is 4.79 Å². The summed E-state index contributed by atoms with van der Waals surface area (Å²) in [6.45, 7) is 7.87. The molecule has 0 atom stereocenters. The number of aromatic amines is 1. The van der Waals surface area contributed by atoms with Crippen LogP contribution in [-0.2, 0) is 0 Å². The van der Waals surface area contributed by atoms with Crippen molar-refractivity contribution >= 4 is 16.8 Å². The van der Waals surface area contributed by atoms with Crippen molar-refractivity contribution in [2.45, 2.75) is 20.3 Å². The van der Waals surface area contributed by atoms with Gasteiger partial charge in [0.15, 0.2) is 0 Å². The zero-order chi connectivity index (χ0) is 15.0. The monoisotopic (exact) mass is 285 g/mol. The number of rotatable bonds is 1. The highest BCUT2D eigenvalue weighted by molar-refractivity contribution is 5.99. The molecule has 3 rings (SSSR count). The summed E-state index contributed by atoms with van der Waals surface area (Å²) < 4.78 is 0. The van der Waals surface area contributed by atoms with Crippen molar-refractivity contribution in [2.75, 3.05) is 33.2 Å². The molecule has 1 fully saturated rings. The summed E-state index contributed by atoms with van der Waals surface area (Å²) in [5.74, 6) is 0.158. The molecular formula is C17H23N3O. The van der Waals surface area contributed by atoms with Gasteiger partial charge in [-0.05, 0) is 57.6 Å². The van der Waals surface area contributed by atoms with E-state index in [1.54, 1.807) is 0 Å². The first-order valence-corrected chi connectivity index (χ1v) is 7.63. The lowest BCUT2D eigenvalue weighted by atomic mass is 10.1. The lowest BCUT2D eigenvalue weighted by molar-refractivity contribution is 0.0763. The number of nitrogens with zero attached hydrogens (tertiary/aromatic N) is 2. The van der Waals surface area contributed by atoms with Gasteiger partial charge in [-0.25, -0.2) is 0 Å². The number of carbonyl (C=O) groups excluding carboxylic acids is 1. The number of aryl methyl sites for hydroxylation is 2. The zero-order valence-electron chi connectivity index (χ0n) is 13.1. The minimum Gasteiger partial charge on any atom is -0.358 e. The van der Waals surface area contributed by atoms with Crippen molar-refractivity contribution in [2.24, 2.45) is 0 Å². The Morgan fingerprint density at radius 1 is 1.14 bits per heavy atom. The van der Waals surface area contributed by atoms with Gasteiger partial charge in [0.2, 0.25) is 0 Å². The number of amides is 1. The third-order valence-corrected chi connectivity index (χ3v) is 4.56. The smallest absolute Gasteiger partial charge is 0.253 e. The topological polar surface area (TPSA) is 39.3 Å². The molecular weight excluding hydrogens is 262 g/mol. The van der Waals surface area contributed by atoms with Crippen LogP contribution >= 0.6 is 0 Å². The predicted octanol–water partition coefficient (Wildman–Crippen LogP) is 2.56. The number of fused-ring (bicyclic) bond motifs is 1. The van der Waals surface area contributed by atoms with Crippen LogP contribution < -0.4 is 0 Å². The molecule has 1 saturated heterocycles. The molecule has 112 valence electrons. The number of hydrogen-bond acceptors (Lipinski definition) is 2. The Bertz CT molecular complexity index is 674. The van der Waals surface area contributed by atoms with E-state index in [2.05, 4.69) is 30.8 Å². The Labute approximate surface area is 125 Å². The van der Waals surface area contributed by atoms with E-state index in [1.165, 1.54) is 11.3 Å². The van der Waals surface area contributed by atoms with Crippen LogP contribution in [0.1, 0.15) is 28.0 Å². The molecule has 1 amide bonds. The van der Waals surface area contributed by atoms with E-state index in [0.29, 0.717) is 0 Å². The average Bonchev–Trinajstić information content (AvgIpc) is 2.65. The number of H-pyrrole nitrogens is 1. The van der Waals surface area contributed by atoms with Gasteiger partial charge in [-0.2, -0.15) is 0 Å². The fraction of sp³-hybridized carbons (Fsp3) is 0.471. The second kappa shape index (κ2) is 5.53. The van der Waals surface area contributed by atoms with Crippen LogP contribution in [0.25, 0.3) is 10.9 Å². The highest BCUT2D eigenvalue weighted by atomic mass is 16.2. The van der Waals surface area contributed by atoms with E-state index in [-0.39, 0.29) is 5.91 Å². The highest BCUT2D eigenvalue weighted by Gasteiger charge is 2.19. The number of benzene rings is 1. The van der Waals surface area contributed by atoms with E-state index < -0.39 is 0 Å².